The Morgan fingerprint density at radius 1 is 1.31 bits per heavy atom. The highest BCUT2D eigenvalue weighted by Crippen LogP contribution is 1.92. The Hall–Kier alpha value is -1.10. The summed E-state index contributed by atoms with van der Waals surface area (Å²) in [5.41, 5.74) is 4.99. The molecule has 0 fully saturated rings. The first-order valence-corrected chi connectivity index (χ1v) is 5.84. The van der Waals surface area contributed by atoms with Gasteiger partial charge < -0.3 is 16.4 Å². The number of carbonyl (C=O) groups is 2. The van der Waals surface area contributed by atoms with Gasteiger partial charge in [0.15, 0.2) is 0 Å². The molecule has 16 heavy (non-hydrogen) atoms. The van der Waals surface area contributed by atoms with Crippen LogP contribution >= 0.6 is 0 Å². The van der Waals surface area contributed by atoms with E-state index in [0.717, 1.165) is 19.3 Å². The molecule has 2 amide bonds. The Bertz CT molecular complexity index is 219. The summed E-state index contributed by atoms with van der Waals surface area (Å²) < 4.78 is 0. The highest BCUT2D eigenvalue weighted by molar-refractivity contribution is 5.78. The number of carbonyl (C=O) groups excluding carboxylic acids is 2. The SMILES string of the molecule is CCC(C)NCC(=O)NCCCCC(N)=O. The molecule has 0 aliphatic carbocycles. The molecule has 0 aromatic heterocycles. The van der Waals surface area contributed by atoms with Crippen molar-refractivity contribution in [1.29, 1.82) is 0 Å². The molecule has 0 saturated carbocycles. The zero-order valence-electron chi connectivity index (χ0n) is 10.2. The molecule has 94 valence electrons. The smallest absolute Gasteiger partial charge is 0.233 e. The molecule has 0 aromatic rings. The third-order valence-electron chi connectivity index (χ3n) is 2.40. The van der Waals surface area contributed by atoms with Crippen molar-refractivity contribution in [3.05, 3.63) is 0 Å². The first-order chi connectivity index (χ1) is 7.56. The van der Waals surface area contributed by atoms with Crippen LogP contribution < -0.4 is 16.4 Å². The molecule has 5 heteroatoms. The van der Waals surface area contributed by atoms with E-state index in [4.69, 9.17) is 5.73 Å². The second-order valence-electron chi connectivity index (χ2n) is 3.96. The number of nitrogens with one attached hydrogen (secondary N) is 2. The van der Waals surface area contributed by atoms with E-state index in [-0.39, 0.29) is 11.8 Å². The van der Waals surface area contributed by atoms with Gasteiger partial charge in [0.1, 0.15) is 0 Å². The lowest BCUT2D eigenvalue weighted by molar-refractivity contribution is -0.120. The van der Waals surface area contributed by atoms with Crippen molar-refractivity contribution in [2.75, 3.05) is 13.1 Å². The van der Waals surface area contributed by atoms with E-state index in [0.29, 0.717) is 25.6 Å². The van der Waals surface area contributed by atoms with Gasteiger partial charge >= 0.3 is 0 Å². The lowest BCUT2D eigenvalue weighted by Gasteiger charge is -2.11. The summed E-state index contributed by atoms with van der Waals surface area (Å²) in [6.07, 6.45) is 2.92. The Labute approximate surface area is 97.2 Å². The van der Waals surface area contributed by atoms with E-state index in [2.05, 4.69) is 17.6 Å². The maximum atomic E-state index is 11.3. The van der Waals surface area contributed by atoms with E-state index >= 15 is 0 Å². The summed E-state index contributed by atoms with van der Waals surface area (Å²) in [6, 6.07) is 0.362. The summed E-state index contributed by atoms with van der Waals surface area (Å²) in [5.74, 6) is -0.288. The van der Waals surface area contributed by atoms with Gasteiger partial charge in [-0.3, -0.25) is 9.59 Å². The monoisotopic (exact) mass is 229 g/mol. The highest BCUT2D eigenvalue weighted by atomic mass is 16.2. The number of hydrogen-bond acceptors (Lipinski definition) is 3. The van der Waals surface area contributed by atoms with Crippen LogP contribution in [0.1, 0.15) is 39.5 Å². The van der Waals surface area contributed by atoms with Gasteiger partial charge in [-0.2, -0.15) is 0 Å². The minimum atomic E-state index is -0.287. The van der Waals surface area contributed by atoms with E-state index in [1.807, 2.05) is 6.92 Å². The van der Waals surface area contributed by atoms with E-state index in [1.165, 1.54) is 0 Å². The van der Waals surface area contributed by atoms with Gasteiger partial charge in [0.2, 0.25) is 11.8 Å². The fourth-order valence-corrected chi connectivity index (χ4v) is 1.13. The van der Waals surface area contributed by atoms with Gasteiger partial charge in [0.05, 0.1) is 6.54 Å². The minimum absolute atomic E-state index is 0.000579. The molecule has 1 atom stereocenters. The van der Waals surface area contributed by atoms with Crippen molar-refractivity contribution in [2.45, 2.75) is 45.6 Å². The molecule has 0 aliphatic rings. The van der Waals surface area contributed by atoms with Gasteiger partial charge in [-0.15, -0.1) is 0 Å². The Morgan fingerprint density at radius 2 is 2.00 bits per heavy atom. The van der Waals surface area contributed by atoms with Gasteiger partial charge in [0.25, 0.3) is 0 Å². The number of nitrogens with two attached hydrogens (primary N) is 1. The van der Waals surface area contributed by atoms with Crippen LogP contribution in [-0.2, 0) is 9.59 Å². The van der Waals surface area contributed by atoms with Gasteiger partial charge in [-0.25, -0.2) is 0 Å². The fourth-order valence-electron chi connectivity index (χ4n) is 1.13. The van der Waals surface area contributed by atoms with E-state index in [9.17, 15) is 9.59 Å². The molecular weight excluding hydrogens is 206 g/mol. The van der Waals surface area contributed by atoms with Crippen LogP contribution in [0.5, 0.6) is 0 Å². The van der Waals surface area contributed by atoms with Crippen LogP contribution in [0.2, 0.25) is 0 Å². The zero-order chi connectivity index (χ0) is 12.4. The quantitative estimate of drug-likeness (QED) is 0.492. The van der Waals surface area contributed by atoms with Gasteiger partial charge in [-0.1, -0.05) is 6.92 Å². The normalized spacial score (nSPS) is 12.1. The van der Waals surface area contributed by atoms with Crippen molar-refractivity contribution in [3.8, 4) is 0 Å². The van der Waals surface area contributed by atoms with Crippen LogP contribution in [0.4, 0.5) is 0 Å². The lowest BCUT2D eigenvalue weighted by Crippen LogP contribution is -2.38. The molecule has 0 rings (SSSR count). The predicted molar refractivity (Wildman–Crippen MR) is 63.8 cm³/mol. The summed E-state index contributed by atoms with van der Waals surface area (Å²) in [5, 5.41) is 5.89. The maximum absolute atomic E-state index is 11.3. The first kappa shape index (κ1) is 14.9. The minimum Gasteiger partial charge on any atom is -0.370 e. The number of rotatable bonds is 9. The molecule has 0 aliphatic heterocycles. The summed E-state index contributed by atoms with van der Waals surface area (Å²) in [7, 11) is 0. The molecule has 0 heterocycles. The maximum Gasteiger partial charge on any atom is 0.233 e. The van der Waals surface area contributed by atoms with E-state index < -0.39 is 0 Å². The predicted octanol–water partition coefficient (Wildman–Crippen LogP) is 0.146. The molecule has 0 bridgehead atoms. The molecule has 5 nitrogen and oxygen atoms in total. The Kier molecular flexibility index (Phi) is 8.52. The average molecular weight is 229 g/mol. The molecule has 0 radical (unpaired) electrons. The third kappa shape index (κ3) is 9.45. The highest BCUT2D eigenvalue weighted by Gasteiger charge is 2.03. The summed E-state index contributed by atoms with van der Waals surface area (Å²) >= 11 is 0. The molecule has 4 N–H and O–H groups in total. The molecule has 0 aromatic carbocycles. The standard InChI is InChI=1S/C11H23N3O2/c1-3-9(2)14-8-11(16)13-7-5-4-6-10(12)15/h9,14H,3-8H2,1-2H3,(H2,12,15)(H,13,16). The first-order valence-electron chi connectivity index (χ1n) is 5.84. The van der Waals surface area contributed by atoms with Crippen molar-refractivity contribution >= 4 is 11.8 Å². The van der Waals surface area contributed by atoms with Gasteiger partial charge in [0, 0.05) is 19.0 Å². The molecule has 0 saturated heterocycles. The van der Waals surface area contributed by atoms with Crippen molar-refractivity contribution in [2.24, 2.45) is 5.73 Å². The van der Waals surface area contributed by atoms with Crippen LogP contribution in [0.3, 0.4) is 0 Å². The fraction of sp³-hybridized carbons (Fsp3) is 0.818. The van der Waals surface area contributed by atoms with Crippen LogP contribution in [0.15, 0.2) is 0 Å². The molecular formula is C11H23N3O2. The second kappa shape index (κ2) is 9.15. The van der Waals surface area contributed by atoms with Crippen molar-refractivity contribution in [3.63, 3.8) is 0 Å². The van der Waals surface area contributed by atoms with Crippen molar-refractivity contribution < 1.29 is 9.59 Å². The van der Waals surface area contributed by atoms with Crippen LogP contribution in [0.25, 0.3) is 0 Å². The molecule has 0 spiro atoms. The lowest BCUT2D eigenvalue weighted by atomic mass is 10.2. The summed E-state index contributed by atoms with van der Waals surface area (Å²) in [4.78, 5) is 21.7. The zero-order valence-corrected chi connectivity index (χ0v) is 10.2. The number of unbranched alkanes of at least 4 members (excludes halogenated alkanes) is 1. The van der Waals surface area contributed by atoms with Gasteiger partial charge in [-0.05, 0) is 26.2 Å². The van der Waals surface area contributed by atoms with Crippen LogP contribution in [-0.4, -0.2) is 30.9 Å². The Morgan fingerprint density at radius 3 is 2.56 bits per heavy atom. The number of amides is 2. The average Bonchev–Trinajstić information content (AvgIpc) is 2.24. The Balaban J connectivity index is 3.33. The number of hydrogen-bond donors (Lipinski definition) is 3. The number of primary amides is 1. The van der Waals surface area contributed by atoms with E-state index in [1.54, 1.807) is 0 Å². The molecule has 1 unspecified atom stereocenters. The topological polar surface area (TPSA) is 84.2 Å². The largest absolute Gasteiger partial charge is 0.370 e. The second-order valence-corrected chi connectivity index (χ2v) is 3.96. The third-order valence-corrected chi connectivity index (χ3v) is 2.40. The van der Waals surface area contributed by atoms with Crippen LogP contribution in [0, 0.1) is 0 Å². The summed E-state index contributed by atoms with van der Waals surface area (Å²) in [6.45, 7) is 5.07. The van der Waals surface area contributed by atoms with Crippen molar-refractivity contribution in [1.82, 2.24) is 10.6 Å².